The first-order chi connectivity index (χ1) is 20.7. The molecular weight excluding hydrogens is 578 g/mol. The molecule has 0 aliphatic carbocycles. The van der Waals surface area contributed by atoms with Gasteiger partial charge in [-0.3, -0.25) is 9.59 Å². The molecule has 13 nitrogen and oxygen atoms in total. The third-order valence-corrected chi connectivity index (χ3v) is 8.09. The molecule has 2 amide bonds. The number of carbonyl (C=O) groups is 3. The van der Waals surface area contributed by atoms with Crippen LogP contribution in [0.25, 0.3) is 0 Å². The molecule has 3 atom stereocenters. The number of carbonyl (C=O) groups excluding carboxylic acids is 2. The van der Waals surface area contributed by atoms with Gasteiger partial charge in [0.05, 0.1) is 23.6 Å². The Morgan fingerprint density at radius 2 is 1.70 bits per heavy atom. The molecule has 228 valence electrons. The average Bonchev–Trinajstić information content (AvgIpc) is 3.44. The molecule has 0 radical (unpaired) electrons. The molecule has 4 N–H and O–H groups in total. The van der Waals surface area contributed by atoms with Gasteiger partial charge in [-0.1, -0.05) is 54.6 Å². The largest absolute Gasteiger partial charge is 0.480 e. The van der Waals surface area contributed by atoms with Crippen LogP contribution in [-0.2, 0) is 35.7 Å². The Balaban J connectivity index is 1.30. The van der Waals surface area contributed by atoms with Gasteiger partial charge in [0.2, 0.25) is 15.9 Å². The smallest absolute Gasteiger partial charge is 0.410 e. The van der Waals surface area contributed by atoms with Crippen LogP contribution >= 0.6 is 0 Å². The Kier molecular flexibility index (Phi) is 11.0. The van der Waals surface area contributed by atoms with Crippen molar-refractivity contribution in [2.24, 2.45) is 0 Å². The molecule has 2 heterocycles. The van der Waals surface area contributed by atoms with E-state index in [1.165, 1.54) is 24.3 Å². The van der Waals surface area contributed by atoms with Crippen molar-refractivity contribution in [3.8, 4) is 0 Å². The maximum Gasteiger partial charge on any atom is 0.410 e. The zero-order valence-corrected chi connectivity index (χ0v) is 24.0. The molecule has 43 heavy (non-hydrogen) atoms. The number of nitrogens with zero attached hydrogens (tertiary/aromatic N) is 2. The van der Waals surface area contributed by atoms with Crippen molar-refractivity contribution in [1.29, 1.82) is 0 Å². The third kappa shape index (κ3) is 9.49. The number of carboxylic acids is 1. The van der Waals surface area contributed by atoms with Crippen LogP contribution in [0.5, 0.6) is 0 Å². The fourth-order valence-electron chi connectivity index (χ4n) is 4.40. The minimum absolute atomic E-state index is 0.100. The van der Waals surface area contributed by atoms with Gasteiger partial charge in [-0.2, -0.15) is 4.72 Å². The Labute approximate surface area is 249 Å². The number of sulfonamides is 1. The molecule has 1 aliphatic heterocycles. The standard InChI is InChI=1S/C29H33N5O8S/c35-27(32-17-25(28(36)37)33-43(39,40)24-11-5-2-6-12-24)20-41-23-15-22(16-31-26-13-7-8-14-30-26)34(18-23)29(38)42-19-21-9-3-1-4-10-21/h1-14,22-23,25,33H,15-20H2,(H,30,31)(H,32,35)(H,36,37)/t22-,23+,25?/m0/s1. The first kappa shape index (κ1) is 31.4. The topological polar surface area (TPSA) is 176 Å². The molecule has 14 heteroatoms. The van der Waals surface area contributed by atoms with Crippen LogP contribution in [0.4, 0.5) is 10.6 Å². The number of ether oxygens (including phenoxy) is 2. The molecule has 1 aliphatic rings. The van der Waals surface area contributed by atoms with E-state index in [0.29, 0.717) is 18.8 Å². The lowest BCUT2D eigenvalue weighted by Crippen LogP contribution is -2.49. The number of hydrogen-bond acceptors (Lipinski definition) is 9. The van der Waals surface area contributed by atoms with E-state index in [4.69, 9.17) is 9.47 Å². The van der Waals surface area contributed by atoms with Crippen molar-refractivity contribution in [3.63, 3.8) is 0 Å². The quantitative estimate of drug-likeness (QED) is 0.210. The van der Waals surface area contributed by atoms with Crippen molar-refractivity contribution >= 4 is 33.8 Å². The Morgan fingerprint density at radius 1 is 1.00 bits per heavy atom. The molecule has 0 bridgehead atoms. The van der Waals surface area contributed by atoms with Crippen LogP contribution in [0.3, 0.4) is 0 Å². The highest BCUT2D eigenvalue weighted by Gasteiger charge is 2.37. The van der Waals surface area contributed by atoms with Crippen LogP contribution in [0.1, 0.15) is 12.0 Å². The van der Waals surface area contributed by atoms with Gasteiger partial charge in [-0.05, 0) is 36.2 Å². The van der Waals surface area contributed by atoms with Crippen molar-refractivity contribution < 1.29 is 37.4 Å². The van der Waals surface area contributed by atoms with Crippen LogP contribution in [-0.4, -0.2) is 85.8 Å². The number of amides is 2. The molecule has 2 aromatic carbocycles. The second-order valence-corrected chi connectivity index (χ2v) is 11.5. The van der Waals surface area contributed by atoms with Gasteiger partial charge in [0, 0.05) is 19.3 Å². The molecule has 1 unspecified atom stereocenters. The SMILES string of the molecule is O=C(CO[C@@H]1C[C@@H](CNc2ccccn2)N(C(=O)OCc2ccccc2)C1)NCC(NS(=O)(=O)c1ccccc1)C(=O)O. The molecule has 0 spiro atoms. The predicted octanol–water partition coefficient (Wildman–Crippen LogP) is 1.84. The number of pyridine rings is 1. The molecule has 1 fully saturated rings. The van der Waals surface area contributed by atoms with Crippen LogP contribution in [0.15, 0.2) is 90.0 Å². The van der Waals surface area contributed by atoms with E-state index in [1.807, 2.05) is 36.4 Å². The summed E-state index contributed by atoms with van der Waals surface area (Å²) in [4.78, 5) is 42.8. The summed E-state index contributed by atoms with van der Waals surface area (Å²) in [5.41, 5.74) is 0.841. The average molecular weight is 612 g/mol. The summed E-state index contributed by atoms with van der Waals surface area (Å²) >= 11 is 0. The van der Waals surface area contributed by atoms with E-state index in [9.17, 15) is 27.9 Å². The van der Waals surface area contributed by atoms with Crippen molar-refractivity contribution in [2.75, 3.05) is 31.6 Å². The van der Waals surface area contributed by atoms with Crippen LogP contribution in [0, 0.1) is 0 Å². The third-order valence-electron chi connectivity index (χ3n) is 6.60. The first-order valence-electron chi connectivity index (χ1n) is 13.5. The second kappa shape index (κ2) is 15.1. The number of hydrogen-bond donors (Lipinski definition) is 4. The summed E-state index contributed by atoms with van der Waals surface area (Å²) in [5, 5.41) is 15.1. The summed E-state index contributed by atoms with van der Waals surface area (Å²) in [5.74, 6) is -1.46. The van der Waals surface area contributed by atoms with E-state index in [2.05, 4.69) is 20.3 Å². The number of aliphatic carboxylic acids is 1. The van der Waals surface area contributed by atoms with Gasteiger partial charge < -0.3 is 30.1 Å². The summed E-state index contributed by atoms with van der Waals surface area (Å²) < 4.78 is 38.4. The van der Waals surface area contributed by atoms with Gasteiger partial charge in [0.25, 0.3) is 0 Å². The highest BCUT2D eigenvalue weighted by molar-refractivity contribution is 7.89. The molecule has 3 aromatic rings. The fraction of sp³-hybridized carbons (Fsp3) is 0.310. The lowest BCUT2D eigenvalue weighted by molar-refractivity contribution is -0.139. The Bertz CT molecular complexity index is 1460. The number of anilines is 1. The lowest BCUT2D eigenvalue weighted by Gasteiger charge is -2.24. The number of rotatable bonds is 14. The van der Waals surface area contributed by atoms with Gasteiger partial charge in [0.15, 0.2) is 0 Å². The molecule has 1 aromatic heterocycles. The summed E-state index contributed by atoms with van der Waals surface area (Å²) in [6, 6.07) is 20.1. The lowest BCUT2D eigenvalue weighted by atomic mass is 10.2. The molecule has 4 rings (SSSR count). The maximum atomic E-state index is 13.0. The van der Waals surface area contributed by atoms with Gasteiger partial charge in [0.1, 0.15) is 25.1 Å². The second-order valence-electron chi connectivity index (χ2n) is 9.74. The summed E-state index contributed by atoms with van der Waals surface area (Å²) in [7, 11) is -4.12. The van der Waals surface area contributed by atoms with Crippen molar-refractivity contribution in [2.45, 2.75) is 36.1 Å². The highest BCUT2D eigenvalue weighted by atomic mass is 32.2. The number of aromatic nitrogens is 1. The zero-order valence-electron chi connectivity index (χ0n) is 23.2. The van der Waals surface area contributed by atoms with E-state index in [1.54, 1.807) is 29.3 Å². The molecule has 1 saturated heterocycles. The number of likely N-dealkylation sites (tertiary alicyclic amines) is 1. The highest BCUT2D eigenvalue weighted by Crippen LogP contribution is 2.22. The first-order valence-corrected chi connectivity index (χ1v) is 15.0. The van der Waals surface area contributed by atoms with E-state index >= 15 is 0 Å². The van der Waals surface area contributed by atoms with Crippen molar-refractivity contribution in [3.05, 3.63) is 90.6 Å². The minimum Gasteiger partial charge on any atom is -0.480 e. The molecule has 0 saturated carbocycles. The fourth-order valence-corrected chi connectivity index (χ4v) is 5.61. The van der Waals surface area contributed by atoms with E-state index in [-0.39, 0.29) is 24.1 Å². The zero-order chi connectivity index (χ0) is 30.7. The Morgan fingerprint density at radius 3 is 2.37 bits per heavy atom. The van der Waals surface area contributed by atoms with Gasteiger partial charge in [-0.25, -0.2) is 18.2 Å². The Hall–Kier alpha value is -4.53. The van der Waals surface area contributed by atoms with Gasteiger partial charge in [-0.15, -0.1) is 0 Å². The van der Waals surface area contributed by atoms with Crippen LogP contribution in [0.2, 0.25) is 0 Å². The number of nitrogens with one attached hydrogen (secondary N) is 3. The van der Waals surface area contributed by atoms with Crippen molar-refractivity contribution in [1.82, 2.24) is 19.9 Å². The summed E-state index contributed by atoms with van der Waals surface area (Å²) in [6.07, 6.45) is 1.02. The van der Waals surface area contributed by atoms with E-state index < -0.39 is 53.3 Å². The van der Waals surface area contributed by atoms with Gasteiger partial charge >= 0.3 is 12.1 Å². The maximum absolute atomic E-state index is 13.0. The predicted molar refractivity (Wildman–Crippen MR) is 155 cm³/mol. The monoisotopic (exact) mass is 611 g/mol. The summed E-state index contributed by atoms with van der Waals surface area (Å²) in [6.45, 7) is -0.280. The number of benzene rings is 2. The number of carboxylic acid groups (broad SMARTS) is 1. The minimum atomic E-state index is -4.12. The van der Waals surface area contributed by atoms with Crippen LogP contribution < -0.4 is 15.4 Å². The molecular formula is C29H33N5O8S. The van der Waals surface area contributed by atoms with E-state index in [0.717, 1.165) is 5.56 Å². The normalized spacial score (nSPS) is 17.2.